The fourth-order valence-corrected chi connectivity index (χ4v) is 4.67. The predicted octanol–water partition coefficient (Wildman–Crippen LogP) is 1.95. The van der Waals surface area contributed by atoms with Crippen molar-refractivity contribution in [2.45, 2.75) is 79.3 Å². The molecule has 0 saturated carbocycles. The van der Waals surface area contributed by atoms with Crippen molar-refractivity contribution in [1.29, 1.82) is 0 Å². The van der Waals surface area contributed by atoms with Gasteiger partial charge in [-0.15, -0.1) is 9.46 Å². The second-order valence-corrected chi connectivity index (χ2v) is 12.1. The standard InChI is InChI=1S/C32H48N6O8/c1-21(2)29(41)33-17-10-19-35(31(43)25-12-7-14-27(39)37(25)45)18-9-11-24(6)36(20-16-23(5)34-30(42)22(3)4)32(44)26-13-8-15-28(40)38(26)46/h7-8,12-15,21-24,45-46H,9-11,16-20H2,1-6H3,(H,33,41)(H,34,42). The van der Waals surface area contributed by atoms with Gasteiger partial charge in [0.1, 0.15) is 11.4 Å². The molecule has 0 aliphatic rings. The quantitative estimate of drug-likeness (QED) is 0.149. The third-order valence-corrected chi connectivity index (χ3v) is 7.57. The molecule has 4 amide bonds. The molecular weight excluding hydrogens is 596 g/mol. The second kappa shape index (κ2) is 17.8. The molecule has 4 N–H and O–H groups in total. The Morgan fingerprint density at radius 3 is 1.78 bits per heavy atom. The van der Waals surface area contributed by atoms with Crippen LogP contribution in [0.15, 0.2) is 46.0 Å². The third-order valence-electron chi connectivity index (χ3n) is 7.57. The van der Waals surface area contributed by atoms with Crippen LogP contribution in [-0.4, -0.2) is 91.6 Å². The van der Waals surface area contributed by atoms with Crippen molar-refractivity contribution in [2.75, 3.05) is 26.2 Å². The van der Waals surface area contributed by atoms with Crippen LogP contribution in [0.1, 0.15) is 88.2 Å². The van der Waals surface area contributed by atoms with Crippen LogP contribution in [0.4, 0.5) is 0 Å². The number of hydrogen-bond donors (Lipinski definition) is 4. The van der Waals surface area contributed by atoms with Gasteiger partial charge in [0.05, 0.1) is 0 Å². The number of nitrogens with zero attached hydrogens (tertiary/aromatic N) is 4. The van der Waals surface area contributed by atoms with Gasteiger partial charge >= 0.3 is 0 Å². The molecule has 2 unspecified atom stereocenters. The normalized spacial score (nSPS) is 12.4. The number of carbonyl (C=O) groups excluding carboxylic acids is 4. The van der Waals surface area contributed by atoms with E-state index in [2.05, 4.69) is 10.6 Å². The maximum atomic E-state index is 13.6. The number of hydrogen-bond acceptors (Lipinski definition) is 8. The van der Waals surface area contributed by atoms with Gasteiger partial charge in [-0.2, -0.15) is 0 Å². The Morgan fingerprint density at radius 1 is 0.717 bits per heavy atom. The molecule has 2 atom stereocenters. The summed E-state index contributed by atoms with van der Waals surface area (Å²) in [6, 6.07) is 7.05. The molecule has 2 aromatic heterocycles. The maximum absolute atomic E-state index is 13.6. The SMILES string of the molecule is CC(CCN(C(=O)c1cccc(=O)n1O)C(C)CCCN(CCCNC(=O)C(C)C)C(=O)c1cccc(=O)n1O)NC(=O)C(C)C. The highest BCUT2D eigenvalue weighted by Gasteiger charge is 2.26. The lowest BCUT2D eigenvalue weighted by molar-refractivity contribution is -0.125. The van der Waals surface area contributed by atoms with Gasteiger partial charge in [0.2, 0.25) is 11.8 Å². The van der Waals surface area contributed by atoms with Crippen molar-refractivity contribution < 1.29 is 29.6 Å². The lowest BCUT2D eigenvalue weighted by Gasteiger charge is -2.31. The van der Waals surface area contributed by atoms with Gasteiger partial charge in [0, 0.05) is 62.2 Å². The Morgan fingerprint density at radius 2 is 1.24 bits per heavy atom. The minimum atomic E-state index is -0.752. The zero-order chi connectivity index (χ0) is 34.6. The molecule has 0 saturated heterocycles. The molecule has 14 nitrogen and oxygen atoms in total. The van der Waals surface area contributed by atoms with Gasteiger partial charge in [-0.3, -0.25) is 28.8 Å². The van der Waals surface area contributed by atoms with E-state index in [1.54, 1.807) is 27.7 Å². The molecule has 0 bridgehead atoms. The first kappa shape index (κ1) is 37.6. The summed E-state index contributed by atoms with van der Waals surface area (Å²) >= 11 is 0. The highest BCUT2D eigenvalue weighted by Crippen LogP contribution is 2.15. The van der Waals surface area contributed by atoms with Gasteiger partial charge in [-0.1, -0.05) is 39.8 Å². The predicted molar refractivity (Wildman–Crippen MR) is 171 cm³/mol. The summed E-state index contributed by atoms with van der Waals surface area (Å²) in [6.07, 6.45) is 1.66. The molecule has 2 rings (SSSR count). The van der Waals surface area contributed by atoms with E-state index in [1.807, 2.05) is 13.8 Å². The van der Waals surface area contributed by atoms with E-state index in [9.17, 15) is 39.2 Å². The van der Waals surface area contributed by atoms with Gasteiger partial charge in [-0.25, -0.2) is 0 Å². The van der Waals surface area contributed by atoms with Crippen LogP contribution in [0.25, 0.3) is 0 Å². The molecular formula is C32H48N6O8. The highest BCUT2D eigenvalue weighted by molar-refractivity contribution is 5.93. The molecule has 14 heteroatoms. The van der Waals surface area contributed by atoms with Crippen molar-refractivity contribution >= 4 is 23.6 Å². The van der Waals surface area contributed by atoms with Crippen molar-refractivity contribution in [3.8, 4) is 0 Å². The van der Waals surface area contributed by atoms with Crippen LogP contribution in [0.3, 0.4) is 0 Å². The van der Waals surface area contributed by atoms with Gasteiger partial charge in [-0.05, 0) is 51.7 Å². The average molecular weight is 645 g/mol. The minimum Gasteiger partial charge on any atom is -0.425 e. The number of rotatable bonds is 17. The molecule has 2 heterocycles. The third kappa shape index (κ3) is 10.8. The van der Waals surface area contributed by atoms with E-state index in [0.29, 0.717) is 41.7 Å². The molecule has 0 fully saturated rings. The number of amides is 4. The number of aromatic nitrogens is 2. The number of carbonyl (C=O) groups is 4. The first-order valence-electron chi connectivity index (χ1n) is 15.7. The molecule has 0 aliphatic carbocycles. The van der Waals surface area contributed by atoms with E-state index in [1.165, 1.54) is 34.1 Å². The smallest absolute Gasteiger partial charge is 0.283 e. The van der Waals surface area contributed by atoms with E-state index in [0.717, 1.165) is 12.1 Å². The Balaban J connectivity index is 2.21. The van der Waals surface area contributed by atoms with Crippen LogP contribution >= 0.6 is 0 Å². The highest BCUT2D eigenvalue weighted by atomic mass is 16.5. The van der Waals surface area contributed by atoms with Gasteiger partial charge in [0.25, 0.3) is 22.9 Å². The lowest BCUT2D eigenvalue weighted by atomic mass is 10.1. The van der Waals surface area contributed by atoms with Crippen LogP contribution in [-0.2, 0) is 9.59 Å². The Bertz CT molecular complexity index is 1470. The summed E-state index contributed by atoms with van der Waals surface area (Å²) in [5, 5.41) is 26.2. The summed E-state index contributed by atoms with van der Waals surface area (Å²) in [4.78, 5) is 78.1. The lowest BCUT2D eigenvalue weighted by Crippen LogP contribution is -2.44. The number of nitrogens with one attached hydrogen (secondary N) is 2. The van der Waals surface area contributed by atoms with E-state index >= 15 is 0 Å². The second-order valence-electron chi connectivity index (χ2n) is 12.1. The Labute approximate surface area is 268 Å². The zero-order valence-electron chi connectivity index (χ0n) is 27.6. The molecule has 0 aliphatic heterocycles. The topological polar surface area (TPSA) is 183 Å². The van der Waals surface area contributed by atoms with Crippen LogP contribution in [0.5, 0.6) is 0 Å². The summed E-state index contributed by atoms with van der Waals surface area (Å²) in [5.74, 6) is -1.78. The van der Waals surface area contributed by atoms with Crippen molar-refractivity contribution in [3.63, 3.8) is 0 Å². The molecule has 46 heavy (non-hydrogen) atoms. The van der Waals surface area contributed by atoms with Crippen LogP contribution in [0.2, 0.25) is 0 Å². The van der Waals surface area contributed by atoms with Gasteiger partial charge in [0.15, 0.2) is 0 Å². The molecule has 0 radical (unpaired) electrons. The largest absolute Gasteiger partial charge is 0.425 e. The Hall–Kier alpha value is -4.62. The fraction of sp³-hybridized carbons (Fsp3) is 0.562. The molecule has 0 spiro atoms. The van der Waals surface area contributed by atoms with E-state index in [4.69, 9.17) is 0 Å². The molecule has 2 aromatic rings. The Kier molecular flexibility index (Phi) is 14.5. The van der Waals surface area contributed by atoms with Crippen molar-refractivity contribution in [2.24, 2.45) is 11.8 Å². The maximum Gasteiger partial charge on any atom is 0.283 e. The zero-order valence-corrected chi connectivity index (χ0v) is 27.6. The molecule has 254 valence electrons. The van der Waals surface area contributed by atoms with Crippen LogP contribution < -0.4 is 21.8 Å². The van der Waals surface area contributed by atoms with Gasteiger partial charge < -0.3 is 30.8 Å². The van der Waals surface area contributed by atoms with Crippen molar-refractivity contribution in [3.05, 3.63) is 68.5 Å². The summed E-state index contributed by atoms with van der Waals surface area (Å²) in [5.41, 5.74) is -1.91. The van der Waals surface area contributed by atoms with Crippen molar-refractivity contribution in [1.82, 2.24) is 29.9 Å². The fourth-order valence-electron chi connectivity index (χ4n) is 4.67. The first-order valence-corrected chi connectivity index (χ1v) is 15.7. The minimum absolute atomic E-state index is 0.117. The number of pyridine rings is 2. The van der Waals surface area contributed by atoms with E-state index < -0.39 is 29.0 Å². The monoisotopic (exact) mass is 644 g/mol. The summed E-state index contributed by atoms with van der Waals surface area (Å²) in [6.45, 7) is 11.7. The van der Waals surface area contributed by atoms with Crippen LogP contribution in [0, 0.1) is 11.8 Å². The molecule has 0 aromatic carbocycles. The summed E-state index contributed by atoms with van der Waals surface area (Å²) < 4.78 is 0.602. The summed E-state index contributed by atoms with van der Waals surface area (Å²) in [7, 11) is 0. The average Bonchev–Trinajstić information content (AvgIpc) is 3.00. The first-order chi connectivity index (χ1) is 21.6. The van der Waals surface area contributed by atoms with E-state index in [-0.39, 0.29) is 60.7 Å².